The summed E-state index contributed by atoms with van der Waals surface area (Å²) in [5.74, 6) is -0.0989. The van der Waals surface area contributed by atoms with Crippen molar-refractivity contribution in [3.05, 3.63) is 113 Å². The van der Waals surface area contributed by atoms with E-state index >= 15 is 8.78 Å². The summed E-state index contributed by atoms with van der Waals surface area (Å²) in [6, 6.07) is 22.4. The maximum Gasteiger partial charge on any atom is 0.253 e. The molecule has 2 saturated heterocycles. The molecule has 0 bridgehead atoms. The Kier molecular flexibility index (Phi) is 13.1. The topological polar surface area (TPSA) is 209 Å². The maximum atomic E-state index is 16.8. The summed E-state index contributed by atoms with van der Waals surface area (Å²) in [4.78, 5) is 62.6. The molecule has 17 nitrogen and oxygen atoms in total. The first-order chi connectivity index (χ1) is 36.3. The van der Waals surface area contributed by atoms with Gasteiger partial charge in [-0.2, -0.15) is 8.78 Å². The Bertz CT molecular complexity index is 3300. The molecule has 0 saturated carbocycles. The summed E-state index contributed by atoms with van der Waals surface area (Å²) in [6.07, 6.45) is 2.35. The molecule has 5 N–H and O–H groups in total. The van der Waals surface area contributed by atoms with Crippen molar-refractivity contribution in [2.24, 2.45) is 0 Å². The van der Waals surface area contributed by atoms with Crippen LogP contribution in [0.1, 0.15) is 71.4 Å². The number of hydrogen-bond acceptors (Lipinski definition) is 13. The van der Waals surface area contributed by atoms with E-state index in [2.05, 4.69) is 25.9 Å². The van der Waals surface area contributed by atoms with E-state index in [4.69, 9.17) is 29.4 Å². The van der Waals surface area contributed by atoms with Crippen LogP contribution in [0.25, 0.3) is 44.5 Å². The monoisotopic (exact) mass is 1020 g/mol. The second kappa shape index (κ2) is 20.1. The number of anilines is 2. The highest BCUT2D eigenvalue weighted by atomic mass is 19.1. The first kappa shape index (κ1) is 48.8. The molecular formula is C56H54F2N8O9. The second-order valence-electron chi connectivity index (χ2n) is 19.3. The van der Waals surface area contributed by atoms with Gasteiger partial charge in [0.05, 0.1) is 7.11 Å². The molecular weight excluding hydrogens is 967 g/mol. The largest absolute Gasteiger partial charge is 0.493 e. The van der Waals surface area contributed by atoms with E-state index in [0.29, 0.717) is 144 Å². The Morgan fingerprint density at radius 1 is 0.653 bits per heavy atom. The number of carbonyl (C=O) groups excluding carboxylic acids is 4. The van der Waals surface area contributed by atoms with Gasteiger partial charge in [0.15, 0.2) is 23.0 Å². The number of nitrogens with one attached hydrogen (secondary N) is 3. The number of halogens is 2. The van der Waals surface area contributed by atoms with E-state index in [-0.39, 0.29) is 71.8 Å². The molecule has 2 fully saturated rings. The molecule has 4 aromatic carbocycles. The highest BCUT2D eigenvalue weighted by molar-refractivity contribution is 5.99. The molecule has 0 aliphatic carbocycles. The fraction of sp³-hybridized carbons (Fsp3) is 0.321. The molecule has 5 aliphatic heterocycles. The zero-order valence-corrected chi connectivity index (χ0v) is 41.5. The van der Waals surface area contributed by atoms with Crippen molar-refractivity contribution < 1.29 is 51.6 Å². The smallest absolute Gasteiger partial charge is 0.253 e. The third-order valence-corrected chi connectivity index (χ3v) is 14.6. The summed E-state index contributed by atoms with van der Waals surface area (Å²) in [7, 11) is 1.51. The number of methoxy groups -OCH3 is 1. The SMILES string of the molecule is COc1cc(-c2cc(-c3ccc4c(c3)CC(Nc3nc(F)c(-c5ccc(OC6CCN(C(C)=O)CC6)c6c5OCO6)cc3-c3ccc5c(c3)CCNC5=O)NC4=O)c(N)nc2F)ccc1OC1CCN(C(C)=O)CC1. The molecule has 75 heavy (non-hydrogen) atoms. The average Bonchev–Trinajstić information content (AvgIpc) is 3.91. The van der Waals surface area contributed by atoms with E-state index in [9.17, 15) is 19.2 Å². The summed E-state index contributed by atoms with van der Waals surface area (Å²) >= 11 is 0. The molecule has 0 radical (unpaired) electrons. The number of piperidine rings is 2. The number of nitrogens with zero attached hydrogens (tertiary/aromatic N) is 4. The van der Waals surface area contributed by atoms with Crippen LogP contribution >= 0.6 is 0 Å². The van der Waals surface area contributed by atoms with Gasteiger partial charge in [0, 0.05) is 118 Å². The molecule has 19 heteroatoms. The molecule has 11 rings (SSSR count). The van der Waals surface area contributed by atoms with E-state index in [0.717, 1.165) is 5.56 Å². The zero-order chi connectivity index (χ0) is 52.1. The Balaban J connectivity index is 0.882. The van der Waals surface area contributed by atoms with Gasteiger partial charge in [-0.05, 0) is 82.8 Å². The van der Waals surface area contributed by atoms with Crippen molar-refractivity contribution in [1.82, 2.24) is 30.4 Å². The minimum atomic E-state index is -0.826. The number of nitrogens with two attached hydrogens (primary N) is 1. The van der Waals surface area contributed by atoms with Gasteiger partial charge >= 0.3 is 0 Å². The fourth-order valence-corrected chi connectivity index (χ4v) is 10.6. The van der Waals surface area contributed by atoms with E-state index in [1.807, 2.05) is 12.1 Å². The lowest BCUT2D eigenvalue weighted by Gasteiger charge is -2.31. The number of ether oxygens (including phenoxy) is 5. The number of likely N-dealkylation sites (tertiary alicyclic amines) is 2. The van der Waals surface area contributed by atoms with Crippen LogP contribution in [-0.2, 0) is 22.4 Å². The first-order valence-corrected chi connectivity index (χ1v) is 25.0. The summed E-state index contributed by atoms with van der Waals surface area (Å²) in [5, 5.41) is 9.19. The van der Waals surface area contributed by atoms with E-state index in [1.165, 1.54) is 7.11 Å². The number of nitrogen functional groups attached to an aromatic ring is 1. The van der Waals surface area contributed by atoms with Crippen LogP contribution in [0.2, 0.25) is 0 Å². The molecule has 1 unspecified atom stereocenters. The van der Waals surface area contributed by atoms with Crippen LogP contribution in [0.5, 0.6) is 28.7 Å². The Hall–Kier alpha value is -8.48. The third kappa shape index (κ3) is 9.65. The summed E-state index contributed by atoms with van der Waals surface area (Å²) < 4.78 is 62.8. The summed E-state index contributed by atoms with van der Waals surface area (Å²) in [5.41, 5.74) is 12.1. The van der Waals surface area contributed by atoms with Crippen LogP contribution in [0, 0.1) is 11.9 Å². The predicted molar refractivity (Wildman–Crippen MR) is 274 cm³/mol. The zero-order valence-electron chi connectivity index (χ0n) is 41.5. The van der Waals surface area contributed by atoms with Crippen molar-refractivity contribution >= 4 is 35.3 Å². The minimum Gasteiger partial charge on any atom is -0.493 e. The quantitative estimate of drug-likeness (QED) is 0.0927. The van der Waals surface area contributed by atoms with Crippen LogP contribution in [0.4, 0.5) is 20.4 Å². The molecule has 0 spiro atoms. The lowest BCUT2D eigenvalue weighted by atomic mass is 9.92. The molecule has 386 valence electrons. The van der Waals surface area contributed by atoms with Gasteiger partial charge in [0.25, 0.3) is 11.8 Å². The standard InChI is InChI=1S/C56H54F2N8O9/c1-29(67)65-18-13-36(14-19-65)74-45-10-6-33(24-47(45)71-3)41-26-42(53(59)63-51(41)57)31-4-8-39-35(23-31)25-48(62-56(39)70)61-54-43(32-5-7-38-34(22-32)12-17-60-55(38)69)27-44(52(58)64-54)40-9-11-46(50-49(40)72-28-73-50)75-37-15-20-66(21-16-37)30(2)68/h4-11,22-24,26-27,36-37,48H,12-21,25,28H2,1-3H3,(H2,59,63)(H,60,69)(H,61,64)(H,62,70). The van der Waals surface area contributed by atoms with Crippen LogP contribution in [-0.4, -0.2) is 108 Å². The van der Waals surface area contributed by atoms with Gasteiger partial charge in [-0.15, -0.1) is 0 Å². The van der Waals surface area contributed by atoms with Crippen LogP contribution in [0.3, 0.4) is 0 Å². The molecule has 5 aliphatic rings. The Morgan fingerprint density at radius 3 is 1.92 bits per heavy atom. The average molecular weight is 1020 g/mol. The van der Waals surface area contributed by atoms with Crippen molar-refractivity contribution in [2.75, 3.05) is 57.7 Å². The lowest BCUT2D eigenvalue weighted by molar-refractivity contribution is -0.131. The third-order valence-electron chi connectivity index (χ3n) is 14.6. The minimum absolute atomic E-state index is 0.0197. The predicted octanol–water partition coefficient (Wildman–Crippen LogP) is 7.53. The van der Waals surface area contributed by atoms with Gasteiger partial charge < -0.3 is 55.2 Å². The number of amides is 4. The number of aromatic nitrogens is 2. The number of rotatable bonds is 11. The van der Waals surface area contributed by atoms with E-state index in [1.54, 1.807) is 90.4 Å². The number of benzene rings is 4. The van der Waals surface area contributed by atoms with Crippen molar-refractivity contribution in [1.29, 1.82) is 0 Å². The second-order valence-corrected chi connectivity index (χ2v) is 19.3. The molecule has 1 atom stereocenters. The maximum absolute atomic E-state index is 16.8. The van der Waals surface area contributed by atoms with Crippen molar-refractivity contribution in [2.45, 2.75) is 70.7 Å². The van der Waals surface area contributed by atoms with Gasteiger partial charge in [0.2, 0.25) is 36.3 Å². The van der Waals surface area contributed by atoms with Crippen molar-refractivity contribution in [3.63, 3.8) is 0 Å². The molecule has 2 aromatic heterocycles. The van der Waals surface area contributed by atoms with Crippen molar-refractivity contribution in [3.8, 4) is 73.3 Å². The Labute approximate surface area is 430 Å². The molecule has 6 aromatic rings. The number of hydrogen-bond donors (Lipinski definition) is 4. The number of pyridine rings is 2. The van der Waals surface area contributed by atoms with Gasteiger partial charge in [-0.25, -0.2) is 9.97 Å². The number of carbonyl (C=O) groups is 4. The Morgan fingerprint density at radius 2 is 1.23 bits per heavy atom. The van der Waals surface area contributed by atoms with Gasteiger partial charge in [-0.3, -0.25) is 19.2 Å². The lowest BCUT2D eigenvalue weighted by Crippen LogP contribution is -2.46. The molecule has 4 amide bonds. The van der Waals surface area contributed by atoms with Crippen LogP contribution < -0.4 is 45.4 Å². The van der Waals surface area contributed by atoms with E-state index < -0.39 is 18.1 Å². The highest BCUT2D eigenvalue weighted by Gasteiger charge is 2.32. The van der Waals surface area contributed by atoms with Crippen LogP contribution in [0.15, 0.2) is 78.9 Å². The fourth-order valence-electron chi connectivity index (χ4n) is 10.6. The number of fused-ring (bicyclic) bond motifs is 3. The first-order valence-electron chi connectivity index (χ1n) is 25.0. The summed E-state index contributed by atoms with van der Waals surface area (Å²) in [6.45, 7) is 5.79. The normalized spacial score (nSPS) is 17.4. The van der Waals surface area contributed by atoms with Gasteiger partial charge in [0.1, 0.15) is 30.0 Å². The highest BCUT2D eigenvalue weighted by Crippen LogP contribution is 2.49. The van der Waals surface area contributed by atoms with Gasteiger partial charge in [-0.1, -0.05) is 30.3 Å². The molecule has 7 heterocycles.